The number of nitrogens with one attached hydrogen (secondary N) is 1. The number of nitrogens with zero attached hydrogens (tertiary/aromatic N) is 1. The Kier molecular flexibility index (Phi) is 11.0. The minimum atomic E-state index is -1.06. The van der Waals surface area contributed by atoms with Crippen LogP contribution in [0.15, 0.2) is 53.0 Å². The maximum atomic E-state index is 12.7. The Balaban J connectivity index is 1.94. The zero-order valence-corrected chi connectivity index (χ0v) is 21.9. The van der Waals surface area contributed by atoms with E-state index in [1.807, 2.05) is 30.3 Å². The number of alkyl carbamates (subject to hydrolysis) is 1. The van der Waals surface area contributed by atoms with Gasteiger partial charge in [0, 0.05) is 28.8 Å². The van der Waals surface area contributed by atoms with Crippen molar-refractivity contribution >= 4 is 39.5 Å². The van der Waals surface area contributed by atoms with E-state index in [1.54, 1.807) is 20.8 Å². The number of rotatable bonds is 12. The average molecular weight is 565 g/mol. The summed E-state index contributed by atoms with van der Waals surface area (Å²) in [6, 6.07) is 12.2. The standard InChI is InChI=1S/C25H29BrN2O8/c1-25(2,3)36-24(31)27-21(10-7-13-34-15-17-8-5-4-6-9-17)23(30)35-16-22(29)19-12-11-18(28(32)33)14-20(19)26/h4-6,8-9,11-12,14,21H,7,10,13,15-16H2,1-3H3,(H,27,31). The third kappa shape index (κ3) is 10.1. The number of hydrogen-bond acceptors (Lipinski definition) is 8. The van der Waals surface area contributed by atoms with Crippen LogP contribution in [0.5, 0.6) is 0 Å². The third-order valence-corrected chi connectivity index (χ3v) is 5.33. The molecule has 2 aromatic rings. The topological polar surface area (TPSA) is 134 Å². The van der Waals surface area contributed by atoms with Crippen LogP contribution in [-0.4, -0.2) is 47.6 Å². The van der Waals surface area contributed by atoms with Gasteiger partial charge in [0.25, 0.3) is 5.69 Å². The fraction of sp³-hybridized carbons (Fsp3) is 0.400. The van der Waals surface area contributed by atoms with E-state index in [0.717, 1.165) is 5.56 Å². The van der Waals surface area contributed by atoms with Crippen LogP contribution in [0.3, 0.4) is 0 Å². The molecule has 2 rings (SSSR count). The van der Waals surface area contributed by atoms with Crippen LogP contribution < -0.4 is 5.32 Å². The Morgan fingerprint density at radius 1 is 1.11 bits per heavy atom. The lowest BCUT2D eigenvalue weighted by atomic mass is 10.1. The molecular formula is C25H29BrN2O8. The smallest absolute Gasteiger partial charge is 0.408 e. The van der Waals surface area contributed by atoms with E-state index >= 15 is 0 Å². The van der Waals surface area contributed by atoms with Gasteiger partial charge in [-0.3, -0.25) is 14.9 Å². The first-order valence-corrected chi connectivity index (χ1v) is 12.0. The zero-order chi connectivity index (χ0) is 26.7. The molecule has 0 bridgehead atoms. The van der Waals surface area contributed by atoms with Gasteiger partial charge in [-0.2, -0.15) is 0 Å². The molecule has 10 nitrogen and oxygen atoms in total. The third-order valence-electron chi connectivity index (χ3n) is 4.68. The number of Topliss-reactive ketones (excluding diaryl/α,β-unsaturated/α-hetero) is 1. The number of ether oxygens (including phenoxy) is 3. The van der Waals surface area contributed by atoms with Crippen molar-refractivity contribution in [1.82, 2.24) is 5.32 Å². The molecule has 0 heterocycles. The van der Waals surface area contributed by atoms with E-state index in [1.165, 1.54) is 18.2 Å². The van der Waals surface area contributed by atoms with Crippen molar-refractivity contribution in [3.63, 3.8) is 0 Å². The lowest BCUT2D eigenvalue weighted by molar-refractivity contribution is -0.384. The van der Waals surface area contributed by atoms with E-state index in [9.17, 15) is 24.5 Å². The average Bonchev–Trinajstić information content (AvgIpc) is 2.80. The molecule has 1 N–H and O–H groups in total. The van der Waals surface area contributed by atoms with Crippen LogP contribution in [0, 0.1) is 10.1 Å². The fourth-order valence-corrected chi connectivity index (χ4v) is 3.60. The van der Waals surface area contributed by atoms with E-state index in [0.29, 0.717) is 19.6 Å². The minimum absolute atomic E-state index is 0.124. The van der Waals surface area contributed by atoms with Gasteiger partial charge in [0.2, 0.25) is 5.78 Å². The number of carbonyl (C=O) groups excluding carboxylic acids is 3. The van der Waals surface area contributed by atoms with Gasteiger partial charge in [0.05, 0.1) is 11.5 Å². The monoisotopic (exact) mass is 564 g/mol. The number of non-ortho nitro benzene ring substituents is 1. The van der Waals surface area contributed by atoms with Crippen molar-refractivity contribution in [2.75, 3.05) is 13.2 Å². The van der Waals surface area contributed by atoms with Crippen LogP contribution in [0.1, 0.15) is 49.5 Å². The summed E-state index contributed by atoms with van der Waals surface area (Å²) in [7, 11) is 0. The Hall–Kier alpha value is -3.31. The molecule has 194 valence electrons. The molecule has 2 aromatic carbocycles. The number of nitro benzene ring substituents is 1. The molecule has 0 spiro atoms. The lowest BCUT2D eigenvalue weighted by Gasteiger charge is -2.23. The summed E-state index contributed by atoms with van der Waals surface area (Å²) < 4.78 is 16.2. The van der Waals surface area contributed by atoms with Gasteiger partial charge in [-0.1, -0.05) is 30.3 Å². The highest BCUT2D eigenvalue weighted by Gasteiger charge is 2.26. The molecule has 0 radical (unpaired) electrons. The Morgan fingerprint density at radius 2 is 1.81 bits per heavy atom. The number of amides is 1. The quantitative estimate of drug-likeness (QED) is 0.125. The van der Waals surface area contributed by atoms with Crippen LogP contribution in [0.2, 0.25) is 0 Å². The molecule has 0 saturated heterocycles. The highest BCUT2D eigenvalue weighted by Crippen LogP contribution is 2.23. The van der Waals surface area contributed by atoms with Gasteiger partial charge in [0.15, 0.2) is 6.61 Å². The second kappa shape index (κ2) is 13.7. The molecule has 0 aliphatic rings. The Bertz CT molecular complexity index is 1070. The largest absolute Gasteiger partial charge is 0.456 e. The zero-order valence-electron chi connectivity index (χ0n) is 20.3. The number of nitro groups is 1. The number of hydrogen-bond donors (Lipinski definition) is 1. The summed E-state index contributed by atoms with van der Waals surface area (Å²) in [4.78, 5) is 47.7. The fourth-order valence-electron chi connectivity index (χ4n) is 3.01. The SMILES string of the molecule is CC(C)(C)OC(=O)NC(CCCOCc1ccccc1)C(=O)OCC(=O)c1ccc([N+](=O)[O-])cc1Br. The van der Waals surface area contributed by atoms with Crippen molar-refractivity contribution in [3.8, 4) is 0 Å². The molecule has 0 aromatic heterocycles. The van der Waals surface area contributed by atoms with E-state index in [4.69, 9.17) is 14.2 Å². The van der Waals surface area contributed by atoms with Crippen LogP contribution in [0.4, 0.5) is 10.5 Å². The molecule has 0 aliphatic carbocycles. The van der Waals surface area contributed by atoms with Crippen LogP contribution in [-0.2, 0) is 25.6 Å². The molecule has 0 fully saturated rings. The molecule has 0 aliphatic heterocycles. The van der Waals surface area contributed by atoms with Crippen molar-refractivity contribution in [2.45, 2.75) is 51.9 Å². The van der Waals surface area contributed by atoms with Gasteiger partial charge in [0.1, 0.15) is 11.6 Å². The number of halogens is 1. The summed E-state index contributed by atoms with van der Waals surface area (Å²) in [5, 5.41) is 13.4. The second-order valence-corrected chi connectivity index (χ2v) is 9.69. The highest BCUT2D eigenvalue weighted by molar-refractivity contribution is 9.10. The lowest BCUT2D eigenvalue weighted by Crippen LogP contribution is -2.44. The van der Waals surface area contributed by atoms with Gasteiger partial charge in [-0.15, -0.1) is 0 Å². The van der Waals surface area contributed by atoms with Crippen LogP contribution in [0.25, 0.3) is 0 Å². The maximum Gasteiger partial charge on any atom is 0.408 e. The van der Waals surface area contributed by atoms with Crippen molar-refractivity contribution in [2.24, 2.45) is 0 Å². The summed E-state index contributed by atoms with van der Waals surface area (Å²) in [6.07, 6.45) is -0.161. The van der Waals surface area contributed by atoms with E-state index in [-0.39, 0.29) is 22.1 Å². The predicted molar refractivity (Wildman–Crippen MR) is 135 cm³/mol. The van der Waals surface area contributed by atoms with Crippen LogP contribution >= 0.6 is 15.9 Å². The summed E-state index contributed by atoms with van der Waals surface area (Å²) in [5.41, 5.74) is 0.178. The molecular weight excluding hydrogens is 536 g/mol. The predicted octanol–water partition coefficient (Wildman–Crippen LogP) is 4.97. The summed E-state index contributed by atoms with van der Waals surface area (Å²) >= 11 is 3.13. The molecule has 11 heteroatoms. The number of carbonyl (C=O) groups is 3. The maximum absolute atomic E-state index is 12.7. The molecule has 1 amide bonds. The molecule has 1 unspecified atom stereocenters. The second-order valence-electron chi connectivity index (χ2n) is 8.83. The van der Waals surface area contributed by atoms with E-state index < -0.39 is 41.0 Å². The van der Waals surface area contributed by atoms with Gasteiger partial charge in [-0.05, 0) is 61.2 Å². The molecule has 36 heavy (non-hydrogen) atoms. The van der Waals surface area contributed by atoms with Crippen molar-refractivity contribution < 1.29 is 33.5 Å². The Labute approximate surface area is 217 Å². The first-order valence-electron chi connectivity index (χ1n) is 11.2. The first kappa shape index (κ1) is 28.9. The number of benzene rings is 2. The van der Waals surface area contributed by atoms with Crippen molar-refractivity contribution in [3.05, 3.63) is 74.2 Å². The molecule has 0 saturated carbocycles. The number of esters is 1. The number of ketones is 1. The normalized spacial score (nSPS) is 11.9. The van der Waals surface area contributed by atoms with Gasteiger partial charge < -0.3 is 19.5 Å². The van der Waals surface area contributed by atoms with E-state index in [2.05, 4.69) is 21.2 Å². The summed E-state index contributed by atoms with van der Waals surface area (Å²) in [5.74, 6) is -1.37. The molecule has 1 atom stereocenters. The summed E-state index contributed by atoms with van der Waals surface area (Å²) in [6.45, 7) is 5.22. The first-order chi connectivity index (χ1) is 17.0. The Morgan fingerprint density at radius 3 is 2.42 bits per heavy atom. The van der Waals surface area contributed by atoms with Gasteiger partial charge >= 0.3 is 12.1 Å². The van der Waals surface area contributed by atoms with Gasteiger partial charge in [-0.25, -0.2) is 9.59 Å². The highest BCUT2D eigenvalue weighted by atomic mass is 79.9. The minimum Gasteiger partial charge on any atom is -0.456 e. The van der Waals surface area contributed by atoms with Crippen molar-refractivity contribution in [1.29, 1.82) is 0 Å².